The number of hydrogen-bond acceptors (Lipinski definition) is 4. The minimum absolute atomic E-state index is 0.0143. The Hall–Kier alpha value is -3.59. The van der Waals surface area contributed by atoms with Crippen LogP contribution >= 0.6 is 0 Å². The van der Waals surface area contributed by atoms with Crippen LogP contribution in [0.3, 0.4) is 0 Å². The van der Waals surface area contributed by atoms with E-state index < -0.39 is 11.8 Å². The smallest absolute Gasteiger partial charge is 0.340 e. The standard InChI is InChI=1S/C21H19N3O3/c1-4-27-21(26)18-12(2)19(24-13(18)3)20(25)14(10-22)9-15-11-23-17-8-6-5-7-16(15)17/h5-9,11,23-24H,4H2,1-3H3/b14-9+. The van der Waals surface area contributed by atoms with E-state index in [1.165, 1.54) is 0 Å². The van der Waals surface area contributed by atoms with E-state index in [2.05, 4.69) is 9.97 Å². The number of fused-ring (bicyclic) bond motifs is 1. The zero-order valence-electron chi connectivity index (χ0n) is 15.3. The van der Waals surface area contributed by atoms with Crippen LogP contribution in [0, 0.1) is 25.2 Å². The molecule has 0 aliphatic rings. The normalized spacial score (nSPS) is 11.4. The highest BCUT2D eigenvalue weighted by Gasteiger charge is 2.24. The van der Waals surface area contributed by atoms with Crippen LogP contribution in [0.2, 0.25) is 0 Å². The molecule has 2 N–H and O–H groups in total. The molecule has 136 valence electrons. The number of Topliss-reactive ketones (excluding diaryl/α,β-unsaturated/α-hetero) is 1. The van der Waals surface area contributed by atoms with Crippen molar-refractivity contribution in [3.63, 3.8) is 0 Å². The lowest BCUT2D eigenvalue weighted by atomic mass is 10.0. The third-order valence-corrected chi connectivity index (χ3v) is 4.43. The Labute approximate surface area is 156 Å². The molecule has 3 rings (SSSR count). The maximum Gasteiger partial charge on any atom is 0.340 e. The molecule has 0 bridgehead atoms. The van der Waals surface area contributed by atoms with Crippen LogP contribution in [0.25, 0.3) is 17.0 Å². The molecular weight excluding hydrogens is 342 g/mol. The van der Waals surface area contributed by atoms with E-state index in [1.807, 2.05) is 30.3 Å². The fourth-order valence-corrected chi connectivity index (χ4v) is 3.14. The fraction of sp³-hybridized carbons (Fsp3) is 0.190. The van der Waals surface area contributed by atoms with Crippen molar-refractivity contribution in [3.05, 3.63) is 64.1 Å². The van der Waals surface area contributed by atoms with E-state index in [9.17, 15) is 14.9 Å². The number of allylic oxidation sites excluding steroid dienone is 1. The lowest BCUT2D eigenvalue weighted by Crippen LogP contribution is -2.08. The van der Waals surface area contributed by atoms with Crippen molar-refractivity contribution in [3.8, 4) is 6.07 Å². The van der Waals surface area contributed by atoms with E-state index in [-0.39, 0.29) is 17.9 Å². The molecule has 0 radical (unpaired) electrons. The maximum atomic E-state index is 12.9. The van der Waals surface area contributed by atoms with Crippen LogP contribution in [-0.4, -0.2) is 28.3 Å². The third kappa shape index (κ3) is 3.27. The van der Waals surface area contributed by atoms with Crippen LogP contribution in [0.5, 0.6) is 0 Å². The number of carbonyl (C=O) groups excluding carboxylic acids is 2. The Balaban J connectivity index is 2.03. The number of rotatable bonds is 5. The number of nitriles is 1. The molecular formula is C21H19N3O3. The molecule has 3 aromatic rings. The van der Waals surface area contributed by atoms with Crippen LogP contribution in [0.15, 0.2) is 36.0 Å². The lowest BCUT2D eigenvalue weighted by molar-refractivity contribution is 0.0525. The number of esters is 1. The van der Waals surface area contributed by atoms with Crippen molar-refractivity contribution in [1.29, 1.82) is 5.26 Å². The summed E-state index contributed by atoms with van der Waals surface area (Å²) < 4.78 is 5.05. The molecule has 0 amide bonds. The van der Waals surface area contributed by atoms with Crippen molar-refractivity contribution in [2.24, 2.45) is 0 Å². The van der Waals surface area contributed by atoms with E-state index in [0.717, 1.165) is 16.5 Å². The highest BCUT2D eigenvalue weighted by Crippen LogP contribution is 2.24. The molecule has 2 heterocycles. The molecule has 2 aromatic heterocycles. The van der Waals surface area contributed by atoms with E-state index in [4.69, 9.17) is 4.74 Å². The molecule has 1 aromatic carbocycles. The van der Waals surface area contributed by atoms with Crippen molar-refractivity contribution in [2.75, 3.05) is 6.61 Å². The third-order valence-electron chi connectivity index (χ3n) is 4.43. The first-order valence-corrected chi connectivity index (χ1v) is 8.56. The van der Waals surface area contributed by atoms with Gasteiger partial charge >= 0.3 is 5.97 Å². The van der Waals surface area contributed by atoms with Crippen LogP contribution in [-0.2, 0) is 4.74 Å². The lowest BCUT2D eigenvalue weighted by Gasteiger charge is -2.02. The van der Waals surface area contributed by atoms with Gasteiger partial charge in [0, 0.05) is 28.4 Å². The molecule has 0 spiro atoms. The second-order valence-corrected chi connectivity index (χ2v) is 6.13. The summed E-state index contributed by atoms with van der Waals surface area (Å²) in [6.45, 7) is 5.34. The quantitative estimate of drug-likeness (QED) is 0.309. The van der Waals surface area contributed by atoms with Gasteiger partial charge in [-0.3, -0.25) is 4.79 Å². The zero-order valence-corrected chi connectivity index (χ0v) is 15.3. The minimum atomic E-state index is -0.484. The van der Waals surface area contributed by atoms with Gasteiger partial charge in [-0.15, -0.1) is 0 Å². The van der Waals surface area contributed by atoms with E-state index in [1.54, 1.807) is 33.0 Å². The summed E-state index contributed by atoms with van der Waals surface area (Å²) in [7, 11) is 0. The van der Waals surface area contributed by atoms with Crippen molar-refractivity contribution in [2.45, 2.75) is 20.8 Å². The molecule has 0 fully saturated rings. The number of H-pyrrole nitrogens is 2. The van der Waals surface area contributed by atoms with Gasteiger partial charge in [0.25, 0.3) is 0 Å². The van der Waals surface area contributed by atoms with Gasteiger partial charge in [-0.2, -0.15) is 5.26 Å². The number of nitrogens with one attached hydrogen (secondary N) is 2. The molecule has 6 heteroatoms. The number of para-hydroxylation sites is 1. The van der Waals surface area contributed by atoms with Gasteiger partial charge in [0.15, 0.2) is 0 Å². The highest BCUT2D eigenvalue weighted by molar-refractivity contribution is 6.15. The molecule has 0 aliphatic heterocycles. The number of aromatic nitrogens is 2. The van der Waals surface area contributed by atoms with Gasteiger partial charge < -0.3 is 14.7 Å². The second-order valence-electron chi connectivity index (χ2n) is 6.13. The first-order chi connectivity index (χ1) is 13.0. The largest absolute Gasteiger partial charge is 0.462 e. The first kappa shape index (κ1) is 18.2. The van der Waals surface area contributed by atoms with Gasteiger partial charge in [-0.25, -0.2) is 4.79 Å². The second kappa shape index (κ2) is 7.34. The molecule has 0 saturated heterocycles. The maximum absolute atomic E-state index is 12.9. The molecule has 0 aliphatic carbocycles. The van der Waals surface area contributed by atoms with Gasteiger partial charge in [-0.05, 0) is 38.5 Å². The highest BCUT2D eigenvalue weighted by atomic mass is 16.5. The SMILES string of the molecule is CCOC(=O)c1c(C)[nH]c(C(=O)/C(C#N)=C/c2c[nH]c3ccccc23)c1C. The Bertz CT molecular complexity index is 1110. The van der Waals surface area contributed by atoms with E-state index in [0.29, 0.717) is 16.8 Å². The average Bonchev–Trinajstić information content (AvgIpc) is 3.20. The Morgan fingerprint density at radius 3 is 2.70 bits per heavy atom. The number of hydrogen-bond donors (Lipinski definition) is 2. The summed E-state index contributed by atoms with van der Waals surface area (Å²) in [6, 6.07) is 9.61. The minimum Gasteiger partial charge on any atom is -0.462 e. The molecule has 6 nitrogen and oxygen atoms in total. The topological polar surface area (TPSA) is 98.7 Å². The predicted octanol–water partition coefficient (Wildman–Crippen LogP) is 4.08. The number of benzene rings is 1. The summed E-state index contributed by atoms with van der Waals surface area (Å²) in [5, 5.41) is 10.5. The van der Waals surface area contributed by atoms with Gasteiger partial charge in [0.2, 0.25) is 5.78 Å². The van der Waals surface area contributed by atoms with Crippen molar-refractivity contribution in [1.82, 2.24) is 9.97 Å². The summed E-state index contributed by atoms with van der Waals surface area (Å²) in [5.74, 6) is -0.944. The summed E-state index contributed by atoms with van der Waals surface area (Å²) in [6.07, 6.45) is 3.31. The molecule has 27 heavy (non-hydrogen) atoms. The van der Waals surface area contributed by atoms with Crippen LogP contribution in [0.4, 0.5) is 0 Å². The molecule has 0 saturated carbocycles. The number of ether oxygens (including phenoxy) is 1. The number of carbonyl (C=O) groups is 2. The summed E-state index contributed by atoms with van der Waals surface area (Å²) in [5.41, 5.74) is 3.24. The van der Waals surface area contributed by atoms with Gasteiger partial charge in [0.05, 0.1) is 17.9 Å². The average molecular weight is 361 g/mol. The fourth-order valence-electron chi connectivity index (χ4n) is 3.14. The van der Waals surface area contributed by atoms with E-state index >= 15 is 0 Å². The van der Waals surface area contributed by atoms with Gasteiger partial charge in [0.1, 0.15) is 11.6 Å². The molecule has 0 unspecified atom stereocenters. The Morgan fingerprint density at radius 2 is 2.00 bits per heavy atom. The number of aromatic amines is 2. The summed E-state index contributed by atoms with van der Waals surface area (Å²) >= 11 is 0. The Kier molecular flexibility index (Phi) is 4.95. The zero-order chi connectivity index (χ0) is 19.6. The first-order valence-electron chi connectivity index (χ1n) is 8.56. The molecule has 0 atom stereocenters. The number of ketones is 1. The number of aryl methyl sites for hydroxylation is 1. The van der Waals surface area contributed by atoms with Crippen molar-refractivity contribution < 1.29 is 14.3 Å². The van der Waals surface area contributed by atoms with Crippen molar-refractivity contribution >= 4 is 28.7 Å². The van der Waals surface area contributed by atoms with Crippen LogP contribution in [0.1, 0.15) is 44.6 Å². The predicted molar refractivity (Wildman–Crippen MR) is 102 cm³/mol. The van der Waals surface area contributed by atoms with Gasteiger partial charge in [-0.1, -0.05) is 18.2 Å². The summed E-state index contributed by atoms with van der Waals surface area (Å²) in [4.78, 5) is 31.1. The van der Waals surface area contributed by atoms with Crippen LogP contribution < -0.4 is 0 Å². The number of nitrogens with zero attached hydrogens (tertiary/aromatic N) is 1. The Morgan fingerprint density at radius 1 is 1.26 bits per heavy atom. The monoisotopic (exact) mass is 361 g/mol.